The van der Waals surface area contributed by atoms with Crippen LogP contribution in [0.1, 0.15) is 21.7 Å². The molecule has 2 aromatic carbocycles. The first-order valence-corrected chi connectivity index (χ1v) is 9.59. The average molecular weight is 466 g/mol. The van der Waals surface area contributed by atoms with Gasteiger partial charge in [0.15, 0.2) is 0 Å². The molecule has 0 saturated heterocycles. The van der Waals surface area contributed by atoms with Crippen LogP contribution < -0.4 is 10.7 Å². The molecule has 27 heavy (non-hydrogen) atoms. The maximum absolute atomic E-state index is 12.8. The Morgan fingerprint density at radius 2 is 1.44 bits per heavy atom. The normalized spacial score (nSPS) is 10.7. The van der Waals surface area contributed by atoms with Crippen molar-refractivity contribution in [2.45, 2.75) is 13.8 Å². The topological polar surface area (TPSA) is 51.1 Å². The monoisotopic (exact) mass is 464 g/mol. The van der Waals surface area contributed by atoms with Crippen LogP contribution in [0.15, 0.2) is 57.8 Å². The molecule has 7 heteroatoms. The second-order valence-electron chi connectivity index (χ2n) is 5.96. The van der Waals surface area contributed by atoms with Crippen LogP contribution in [-0.2, 0) is 0 Å². The Morgan fingerprint density at radius 1 is 0.926 bits per heavy atom. The summed E-state index contributed by atoms with van der Waals surface area (Å²) in [4.78, 5) is 25.6. The van der Waals surface area contributed by atoms with Gasteiger partial charge in [0.05, 0.1) is 4.47 Å². The van der Waals surface area contributed by atoms with Gasteiger partial charge in [0.2, 0.25) is 5.43 Å². The van der Waals surface area contributed by atoms with Gasteiger partial charge in [0, 0.05) is 32.8 Å². The summed E-state index contributed by atoms with van der Waals surface area (Å²) in [7, 11) is 0. The van der Waals surface area contributed by atoms with E-state index in [0.29, 0.717) is 31.6 Å². The molecule has 0 radical (unpaired) electrons. The smallest absolute Gasteiger partial charge is 0.261 e. The molecule has 0 aliphatic rings. The quantitative estimate of drug-likeness (QED) is 0.533. The number of hydrogen-bond donors (Lipinski definition) is 1. The third kappa shape index (κ3) is 3.95. The van der Waals surface area contributed by atoms with Gasteiger partial charge in [-0.3, -0.25) is 9.59 Å². The highest BCUT2D eigenvalue weighted by molar-refractivity contribution is 9.10. The maximum Gasteiger partial charge on any atom is 0.261 e. The first-order chi connectivity index (χ1) is 12.8. The standard InChI is InChI=1S/C20H15BrCl2N2O2/c1-11-17(20(27)24-15-7-3-13(22)4-8-15)19(26)18(21)12(2)25(11)16-9-5-14(23)6-10-16/h3-10H,1-2H3,(H,24,27). The summed E-state index contributed by atoms with van der Waals surface area (Å²) in [6.45, 7) is 3.56. The van der Waals surface area contributed by atoms with Crippen LogP contribution in [0.4, 0.5) is 5.69 Å². The zero-order chi connectivity index (χ0) is 19.7. The lowest BCUT2D eigenvalue weighted by Gasteiger charge is -2.19. The average Bonchev–Trinajstić information content (AvgIpc) is 2.63. The molecule has 1 amide bonds. The van der Waals surface area contributed by atoms with Gasteiger partial charge in [0.1, 0.15) is 5.56 Å². The molecular weight excluding hydrogens is 451 g/mol. The molecule has 0 atom stereocenters. The number of carbonyl (C=O) groups is 1. The molecule has 0 bridgehead atoms. The van der Waals surface area contributed by atoms with Gasteiger partial charge in [0.25, 0.3) is 5.91 Å². The van der Waals surface area contributed by atoms with E-state index in [1.54, 1.807) is 43.3 Å². The highest BCUT2D eigenvalue weighted by Gasteiger charge is 2.22. The Kier molecular flexibility index (Phi) is 5.75. The number of halogens is 3. The van der Waals surface area contributed by atoms with Crippen molar-refractivity contribution in [1.82, 2.24) is 4.57 Å². The molecule has 1 heterocycles. The Balaban J connectivity index is 2.12. The molecule has 0 saturated carbocycles. The van der Waals surface area contributed by atoms with Crippen molar-refractivity contribution in [3.05, 3.63) is 90.2 Å². The predicted molar refractivity (Wildman–Crippen MR) is 114 cm³/mol. The van der Waals surface area contributed by atoms with Crippen LogP contribution in [0.5, 0.6) is 0 Å². The number of nitrogens with one attached hydrogen (secondary N) is 1. The fourth-order valence-electron chi connectivity index (χ4n) is 2.87. The summed E-state index contributed by atoms with van der Waals surface area (Å²) in [6.07, 6.45) is 0. The van der Waals surface area contributed by atoms with E-state index in [4.69, 9.17) is 23.2 Å². The molecule has 4 nitrogen and oxygen atoms in total. The van der Waals surface area contributed by atoms with Crippen LogP contribution in [0, 0.1) is 13.8 Å². The molecule has 0 spiro atoms. The molecular formula is C20H15BrCl2N2O2. The molecule has 1 N–H and O–H groups in total. The minimum atomic E-state index is -0.483. The molecule has 0 unspecified atom stereocenters. The van der Waals surface area contributed by atoms with Gasteiger partial charge in [-0.05, 0) is 78.3 Å². The number of carbonyl (C=O) groups excluding carboxylic acids is 1. The van der Waals surface area contributed by atoms with E-state index in [1.807, 2.05) is 23.6 Å². The summed E-state index contributed by atoms with van der Waals surface area (Å²) in [5.74, 6) is -0.483. The van der Waals surface area contributed by atoms with Gasteiger partial charge in [-0.2, -0.15) is 0 Å². The van der Waals surface area contributed by atoms with Crippen molar-refractivity contribution in [3.8, 4) is 5.69 Å². The first kappa shape index (κ1) is 19.7. The zero-order valence-corrected chi connectivity index (χ0v) is 17.6. The minimum absolute atomic E-state index is 0.0670. The van der Waals surface area contributed by atoms with E-state index in [0.717, 1.165) is 5.69 Å². The van der Waals surface area contributed by atoms with Crippen LogP contribution in [0.3, 0.4) is 0 Å². The van der Waals surface area contributed by atoms with Crippen molar-refractivity contribution in [1.29, 1.82) is 0 Å². The summed E-state index contributed by atoms with van der Waals surface area (Å²) in [5.41, 5.74) is 2.30. The Morgan fingerprint density at radius 3 is 2.00 bits per heavy atom. The summed E-state index contributed by atoms with van der Waals surface area (Å²) in [5, 5.41) is 3.92. The molecule has 1 aromatic heterocycles. The third-order valence-corrected chi connectivity index (χ3v) is 5.63. The van der Waals surface area contributed by atoms with Crippen LogP contribution >= 0.6 is 39.1 Å². The zero-order valence-electron chi connectivity index (χ0n) is 14.5. The van der Waals surface area contributed by atoms with Crippen LogP contribution in [-0.4, -0.2) is 10.5 Å². The second kappa shape index (κ2) is 7.89. The van der Waals surface area contributed by atoms with E-state index < -0.39 is 5.91 Å². The molecule has 0 fully saturated rings. The van der Waals surface area contributed by atoms with Gasteiger partial charge in [-0.1, -0.05) is 23.2 Å². The first-order valence-electron chi connectivity index (χ1n) is 8.04. The highest BCUT2D eigenvalue weighted by Crippen LogP contribution is 2.23. The molecule has 3 aromatic rings. The third-order valence-electron chi connectivity index (χ3n) is 4.19. The number of benzene rings is 2. The van der Waals surface area contributed by atoms with E-state index in [2.05, 4.69) is 21.2 Å². The lowest BCUT2D eigenvalue weighted by atomic mass is 10.1. The lowest BCUT2D eigenvalue weighted by Crippen LogP contribution is -2.28. The molecule has 3 rings (SSSR count). The minimum Gasteiger partial charge on any atom is -0.322 e. The van der Waals surface area contributed by atoms with Crippen molar-refractivity contribution in [2.24, 2.45) is 0 Å². The molecule has 0 aliphatic carbocycles. The van der Waals surface area contributed by atoms with Gasteiger partial charge < -0.3 is 9.88 Å². The van der Waals surface area contributed by atoms with Gasteiger partial charge in [-0.25, -0.2) is 0 Å². The number of rotatable bonds is 3. The summed E-state index contributed by atoms with van der Waals surface area (Å²) < 4.78 is 2.18. The number of hydrogen-bond acceptors (Lipinski definition) is 2. The summed E-state index contributed by atoms with van der Waals surface area (Å²) >= 11 is 15.2. The van der Waals surface area contributed by atoms with E-state index >= 15 is 0 Å². The highest BCUT2D eigenvalue weighted by atomic mass is 79.9. The van der Waals surface area contributed by atoms with Crippen molar-refractivity contribution in [3.63, 3.8) is 0 Å². The van der Waals surface area contributed by atoms with Gasteiger partial charge >= 0.3 is 0 Å². The van der Waals surface area contributed by atoms with Crippen LogP contribution in [0.25, 0.3) is 5.69 Å². The van der Waals surface area contributed by atoms with Crippen molar-refractivity contribution < 1.29 is 4.79 Å². The number of nitrogens with zero attached hydrogens (tertiary/aromatic N) is 1. The lowest BCUT2D eigenvalue weighted by molar-refractivity contribution is 0.102. The number of amides is 1. The van der Waals surface area contributed by atoms with Crippen molar-refractivity contribution >= 4 is 50.7 Å². The molecule has 138 valence electrons. The fraction of sp³-hybridized carbons (Fsp3) is 0.100. The van der Waals surface area contributed by atoms with E-state index in [1.165, 1.54) is 0 Å². The van der Waals surface area contributed by atoms with Crippen molar-refractivity contribution in [2.75, 3.05) is 5.32 Å². The Bertz CT molecular complexity index is 1080. The number of anilines is 1. The van der Waals surface area contributed by atoms with E-state index in [9.17, 15) is 9.59 Å². The van der Waals surface area contributed by atoms with Crippen LogP contribution in [0.2, 0.25) is 10.0 Å². The van der Waals surface area contributed by atoms with Gasteiger partial charge in [-0.15, -0.1) is 0 Å². The largest absolute Gasteiger partial charge is 0.322 e. The summed E-state index contributed by atoms with van der Waals surface area (Å²) in [6, 6.07) is 13.9. The SMILES string of the molecule is Cc1c(Br)c(=O)c(C(=O)Nc2ccc(Cl)cc2)c(C)n1-c1ccc(Cl)cc1. The number of pyridine rings is 1. The molecule has 0 aliphatic heterocycles. The predicted octanol–water partition coefficient (Wildman–Crippen LogP) is 5.78. The second-order valence-corrected chi connectivity index (χ2v) is 7.63. The maximum atomic E-state index is 12.8. The Hall–Kier alpha value is -2.08. The van der Waals surface area contributed by atoms with E-state index in [-0.39, 0.29) is 11.0 Å². The number of aromatic nitrogens is 1. The Labute approximate surface area is 174 Å². The fourth-order valence-corrected chi connectivity index (χ4v) is 3.50.